The average molecular weight is 553 g/mol. The molecule has 0 aromatic carbocycles. The van der Waals surface area contributed by atoms with Crippen LogP contribution < -0.4 is 17.1 Å². The van der Waals surface area contributed by atoms with Crippen LogP contribution in [0.2, 0.25) is 0 Å². The molecule has 0 aliphatic carbocycles. The maximum absolute atomic E-state index is 13.4. The number of likely N-dealkylation sites (tertiary alicyclic amines) is 3. The van der Waals surface area contributed by atoms with Gasteiger partial charge in [0.2, 0.25) is 0 Å². The molecule has 12 heteroatoms. The molecular weight excluding hydrogens is 504 g/mol. The Morgan fingerprint density at radius 3 is 0.872 bits per heavy atom. The zero-order chi connectivity index (χ0) is 27.8. The van der Waals surface area contributed by atoms with Gasteiger partial charge in [-0.05, 0) is 77.8 Å². The molecule has 222 valence electrons. The third-order valence-electron chi connectivity index (χ3n) is 8.32. The van der Waals surface area contributed by atoms with Crippen LogP contribution in [0.25, 0.3) is 0 Å². The van der Waals surface area contributed by atoms with Crippen molar-refractivity contribution in [2.24, 2.45) is 0 Å². The normalized spacial score (nSPS) is 22.5. The molecule has 0 spiro atoms. The molecule has 0 radical (unpaired) electrons. The van der Waals surface area contributed by atoms with Crippen molar-refractivity contribution in [3.05, 3.63) is 31.5 Å². The quantitative estimate of drug-likeness (QED) is 0.289. The van der Waals surface area contributed by atoms with Crippen LogP contribution in [0.4, 0.5) is 0 Å². The summed E-state index contributed by atoms with van der Waals surface area (Å²) in [6.07, 6.45) is 6.86. The summed E-state index contributed by atoms with van der Waals surface area (Å²) in [5.74, 6) is 0. The van der Waals surface area contributed by atoms with E-state index in [4.69, 9.17) is 0 Å². The number of β-amino-alcohol motifs (C(OH)–C–C–N with tert-alkyl or cyclic N) is 3. The van der Waals surface area contributed by atoms with E-state index in [1.54, 1.807) is 0 Å². The molecule has 0 bridgehead atoms. The Bertz CT molecular complexity index is 904. The molecule has 3 atom stereocenters. The zero-order valence-corrected chi connectivity index (χ0v) is 23.3. The van der Waals surface area contributed by atoms with Crippen molar-refractivity contribution >= 4 is 0 Å². The Kier molecular flexibility index (Phi) is 11.4. The fourth-order valence-electron chi connectivity index (χ4n) is 6.28. The van der Waals surface area contributed by atoms with Crippen LogP contribution in [0.1, 0.15) is 57.8 Å². The van der Waals surface area contributed by atoms with Crippen molar-refractivity contribution in [3.63, 3.8) is 0 Å². The molecule has 3 saturated heterocycles. The maximum atomic E-state index is 13.4. The molecule has 4 heterocycles. The molecule has 4 rings (SSSR count). The van der Waals surface area contributed by atoms with Crippen molar-refractivity contribution in [2.45, 2.75) is 95.7 Å². The molecule has 12 nitrogen and oxygen atoms in total. The van der Waals surface area contributed by atoms with Crippen molar-refractivity contribution in [1.29, 1.82) is 0 Å². The van der Waals surface area contributed by atoms with Crippen LogP contribution in [0, 0.1) is 0 Å². The lowest BCUT2D eigenvalue weighted by molar-refractivity contribution is 0.0731. The van der Waals surface area contributed by atoms with Gasteiger partial charge in [-0.15, -0.1) is 0 Å². The summed E-state index contributed by atoms with van der Waals surface area (Å²) in [4.78, 5) is 46.6. The van der Waals surface area contributed by atoms with Gasteiger partial charge in [0.1, 0.15) is 0 Å². The van der Waals surface area contributed by atoms with Crippen molar-refractivity contribution < 1.29 is 15.3 Å². The van der Waals surface area contributed by atoms with Crippen LogP contribution in [-0.4, -0.2) is 121 Å². The number of nitrogens with zero attached hydrogens (tertiary/aromatic N) is 6. The van der Waals surface area contributed by atoms with E-state index in [1.165, 1.54) is 0 Å². The summed E-state index contributed by atoms with van der Waals surface area (Å²) in [7, 11) is 0. The predicted octanol–water partition coefficient (Wildman–Crippen LogP) is -1.29. The van der Waals surface area contributed by atoms with E-state index in [0.717, 1.165) is 111 Å². The second-order valence-corrected chi connectivity index (χ2v) is 11.7. The highest BCUT2D eigenvalue weighted by atomic mass is 16.3. The highest BCUT2D eigenvalue weighted by molar-refractivity contribution is 4.84. The number of rotatable bonds is 12. The Morgan fingerprint density at radius 2 is 0.641 bits per heavy atom. The molecule has 0 saturated carbocycles. The fourth-order valence-corrected chi connectivity index (χ4v) is 6.28. The summed E-state index contributed by atoms with van der Waals surface area (Å²) >= 11 is 0. The van der Waals surface area contributed by atoms with Gasteiger partial charge in [0.25, 0.3) is 0 Å². The van der Waals surface area contributed by atoms with E-state index in [2.05, 4.69) is 14.7 Å². The van der Waals surface area contributed by atoms with Crippen LogP contribution in [0.3, 0.4) is 0 Å². The number of aliphatic hydroxyl groups is 3. The van der Waals surface area contributed by atoms with Crippen LogP contribution >= 0.6 is 0 Å². The van der Waals surface area contributed by atoms with E-state index < -0.39 is 35.4 Å². The molecule has 39 heavy (non-hydrogen) atoms. The predicted molar refractivity (Wildman–Crippen MR) is 148 cm³/mol. The first-order valence-electron chi connectivity index (χ1n) is 15.0. The monoisotopic (exact) mass is 552 g/mol. The van der Waals surface area contributed by atoms with Gasteiger partial charge in [0, 0.05) is 19.6 Å². The standard InChI is InChI=1S/C27H48N6O6/c34-22(16-28-10-4-1-5-11-28)19-31-25(37)32(20-23(35)17-29-12-6-2-7-13-29)27(39)33(26(31)38)21-24(36)18-30-14-8-3-9-15-30/h22-24,34-36H,1-21H2/t22-,23-,24-/m1/s1. The molecule has 0 unspecified atom stereocenters. The Morgan fingerprint density at radius 1 is 0.410 bits per heavy atom. The van der Waals surface area contributed by atoms with Gasteiger partial charge in [-0.2, -0.15) is 0 Å². The van der Waals surface area contributed by atoms with Gasteiger partial charge in [0.15, 0.2) is 0 Å². The Labute approximate surface area is 230 Å². The molecule has 3 aliphatic heterocycles. The number of aliphatic hydroxyl groups excluding tert-OH is 3. The number of hydrogen-bond acceptors (Lipinski definition) is 9. The summed E-state index contributed by atoms with van der Waals surface area (Å²) < 4.78 is 2.70. The first-order valence-corrected chi connectivity index (χ1v) is 15.0. The minimum Gasteiger partial charge on any atom is -0.390 e. The Balaban J connectivity index is 1.56. The lowest BCUT2D eigenvalue weighted by Crippen LogP contribution is -2.58. The summed E-state index contributed by atoms with van der Waals surface area (Å²) in [6.45, 7) is 5.42. The van der Waals surface area contributed by atoms with Crippen molar-refractivity contribution in [3.8, 4) is 0 Å². The van der Waals surface area contributed by atoms with Gasteiger partial charge < -0.3 is 30.0 Å². The second kappa shape index (κ2) is 14.7. The van der Waals surface area contributed by atoms with Gasteiger partial charge >= 0.3 is 17.1 Å². The third-order valence-corrected chi connectivity index (χ3v) is 8.32. The van der Waals surface area contributed by atoms with Crippen LogP contribution in [0.5, 0.6) is 0 Å². The fraction of sp³-hybridized carbons (Fsp3) is 0.889. The minimum atomic E-state index is -0.968. The molecule has 1 aromatic rings. The SMILES string of the molecule is O=c1n(C[C@H](O)CN2CCCCC2)c(=O)n(C[C@H](O)CN2CCCCC2)c(=O)n1C[C@H](O)CN1CCCCC1. The van der Waals surface area contributed by atoms with Crippen molar-refractivity contribution in [2.75, 3.05) is 58.9 Å². The van der Waals surface area contributed by atoms with Crippen LogP contribution in [-0.2, 0) is 19.6 Å². The molecule has 1 aromatic heterocycles. The highest BCUT2D eigenvalue weighted by Crippen LogP contribution is 2.11. The van der Waals surface area contributed by atoms with Gasteiger partial charge in [-0.1, -0.05) is 19.3 Å². The van der Waals surface area contributed by atoms with Gasteiger partial charge in [-0.3, -0.25) is 0 Å². The third kappa shape index (κ3) is 8.58. The lowest BCUT2D eigenvalue weighted by atomic mass is 10.1. The van der Waals surface area contributed by atoms with E-state index in [9.17, 15) is 29.7 Å². The first-order chi connectivity index (χ1) is 18.8. The van der Waals surface area contributed by atoms with Gasteiger partial charge in [-0.25, -0.2) is 28.1 Å². The minimum absolute atomic E-state index is 0.251. The number of piperidine rings is 3. The van der Waals surface area contributed by atoms with E-state index in [0.29, 0.717) is 19.6 Å². The highest BCUT2D eigenvalue weighted by Gasteiger charge is 2.24. The molecular formula is C27H48N6O6. The van der Waals surface area contributed by atoms with Gasteiger partial charge in [0.05, 0.1) is 37.9 Å². The second-order valence-electron chi connectivity index (χ2n) is 11.7. The maximum Gasteiger partial charge on any atom is 0.336 e. The number of aromatic nitrogens is 3. The topological polar surface area (TPSA) is 136 Å². The summed E-state index contributed by atoms with van der Waals surface area (Å²) in [5.41, 5.74) is -2.49. The summed E-state index contributed by atoms with van der Waals surface area (Å²) in [5, 5.41) is 32.4. The van der Waals surface area contributed by atoms with E-state index in [1.807, 2.05) is 0 Å². The van der Waals surface area contributed by atoms with E-state index in [-0.39, 0.29) is 19.6 Å². The average Bonchev–Trinajstić information content (AvgIpc) is 2.93. The summed E-state index contributed by atoms with van der Waals surface area (Å²) in [6, 6.07) is 0. The molecule has 3 fully saturated rings. The number of hydrogen-bond donors (Lipinski definition) is 3. The largest absolute Gasteiger partial charge is 0.390 e. The lowest BCUT2D eigenvalue weighted by Gasteiger charge is -2.30. The van der Waals surface area contributed by atoms with E-state index >= 15 is 0 Å². The zero-order valence-electron chi connectivity index (χ0n) is 23.3. The van der Waals surface area contributed by atoms with Crippen LogP contribution in [0.15, 0.2) is 14.4 Å². The molecule has 3 aliphatic rings. The first kappa shape index (κ1) is 30.1. The molecule has 0 amide bonds. The smallest absolute Gasteiger partial charge is 0.336 e. The van der Waals surface area contributed by atoms with Crippen molar-refractivity contribution in [1.82, 2.24) is 28.4 Å². The Hall–Kier alpha value is -1.83. The molecule has 3 N–H and O–H groups in total.